The lowest BCUT2D eigenvalue weighted by Crippen LogP contribution is -2.42. The molecule has 0 saturated carbocycles. The minimum atomic E-state index is 0.00365. The van der Waals surface area contributed by atoms with Gasteiger partial charge in [0, 0.05) is 22.8 Å². The van der Waals surface area contributed by atoms with Crippen LogP contribution in [0.3, 0.4) is 0 Å². The third-order valence-electron chi connectivity index (χ3n) is 4.83. The lowest BCUT2D eigenvalue weighted by atomic mass is 9.88. The fourth-order valence-electron chi connectivity index (χ4n) is 3.24. The monoisotopic (exact) mass is 392 g/mol. The molecule has 0 aromatic heterocycles. The van der Waals surface area contributed by atoms with Gasteiger partial charge < -0.3 is 4.90 Å². The van der Waals surface area contributed by atoms with Crippen molar-refractivity contribution in [2.75, 3.05) is 11.9 Å². The van der Waals surface area contributed by atoms with E-state index in [4.69, 9.17) is 0 Å². The third-order valence-corrected chi connectivity index (χ3v) is 5.36. The maximum absolute atomic E-state index is 9.56. The van der Waals surface area contributed by atoms with Gasteiger partial charge in [-0.25, -0.2) is 0 Å². The Kier molecular flexibility index (Phi) is 4.58. The van der Waals surface area contributed by atoms with E-state index >= 15 is 0 Å². The SMILES string of the molecule is CC1=CC(C)(C)N(C)c2ccc(/C=C(\C#N)c3ccc(Br)cc3)cc21. The summed E-state index contributed by atoms with van der Waals surface area (Å²) in [5.41, 5.74) is 6.36. The minimum absolute atomic E-state index is 0.00365. The van der Waals surface area contributed by atoms with Crippen molar-refractivity contribution in [2.24, 2.45) is 0 Å². The number of hydrogen-bond donors (Lipinski definition) is 0. The molecule has 25 heavy (non-hydrogen) atoms. The lowest BCUT2D eigenvalue weighted by molar-refractivity contribution is 0.598. The van der Waals surface area contributed by atoms with E-state index in [-0.39, 0.29) is 5.54 Å². The number of allylic oxidation sites excluding steroid dienone is 2. The van der Waals surface area contributed by atoms with E-state index in [1.165, 1.54) is 16.8 Å². The normalized spacial score (nSPS) is 16.1. The fraction of sp³-hybridized carbons (Fsp3) is 0.227. The third kappa shape index (κ3) is 3.41. The van der Waals surface area contributed by atoms with Crippen LogP contribution in [0.5, 0.6) is 0 Å². The van der Waals surface area contributed by atoms with Crippen LogP contribution in [0.15, 0.2) is 53.0 Å². The Balaban J connectivity index is 2.04. The molecule has 2 nitrogen and oxygen atoms in total. The Hall–Kier alpha value is -2.31. The maximum Gasteiger partial charge on any atom is 0.0998 e. The number of nitrogens with zero attached hydrogens (tertiary/aromatic N) is 2. The highest BCUT2D eigenvalue weighted by atomic mass is 79.9. The number of likely N-dealkylation sites (N-methyl/N-ethyl adjacent to an activating group) is 1. The molecule has 0 spiro atoms. The summed E-state index contributed by atoms with van der Waals surface area (Å²) >= 11 is 3.43. The molecule has 0 radical (unpaired) electrons. The summed E-state index contributed by atoms with van der Waals surface area (Å²) in [6.07, 6.45) is 4.25. The molecule has 2 aromatic carbocycles. The molecule has 0 fully saturated rings. The van der Waals surface area contributed by atoms with E-state index in [9.17, 15) is 5.26 Å². The molecule has 0 unspecified atom stereocenters. The van der Waals surface area contributed by atoms with Crippen LogP contribution in [0.1, 0.15) is 37.5 Å². The lowest BCUT2D eigenvalue weighted by Gasteiger charge is -2.40. The first-order valence-corrected chi connectivity index (χ1v) is 9.06. The standard InChI is InChI=1S/C22H21BrN2/c1-15-13-22(2,3)25(4)21-10-5-16(12-20(15)21)11-18(14-24)17-6-8-19(23)9-7-17/h5-13H,1-4H3/b18-11+. The molecule has 3 heteroatoms. The fourth-order valence-corrected chi connectivity index (χ4v) is 3.51. The number of anilines is 1. The van der Waals surface area contributed by atoms with Crippen molar-refractivity contribution in [3.63, 3.8) is 0 Å². The van der Waals surface area contributed by atoms with Crippen molar-refractivity contribution in [1.82, 2.24) is 0 Å². The van der Waals surface area contributed by atoms with Gasteiger partial charge in [0.1, 0.15) is 0 Å². The second kappa shape index (κ2) is 6.54. The molecule has 1 aliphatic rings. The summed E-state index contributed by atoms with van der Waals surface area (Å²) in [7, 11) is 2.12. The molecule has 0 N–H and O–H groups in total. The van der Waals surface area contributed by atoms with Crippen molar-refractivity contribution in [2.45, 2.75) is 26.3 Å². The Morgan fingerprint density at radius 1 is 1.16 bits per heavy atom. The van der Waals surface area contributed by atoms with Crippen LogP contribution in [0.4, 0.5) is 5.69 Å². The molecule has 0 saturated heterocycles. The molecule has 0 bridgehead atoms. The van der Waals surface area contributed by atoms with Gasteiger partial charge in [-0.05, 0) is 67.8 Å². The second-order valence-corrected chi connectivity index (χ2v) is 7.91. The Labute approximate surface area is 158 Å². The van der Waals surface area contributed by atoms with Crippen LogP contribution in [0.2, 0.25) is 0 Å². The molecule has 0 atom stereocenters. The van der Waals surface area contributed by atoms with Crippen LogP contribution >= 0.6 is 15.9 Å². The first-order chi connectivity index (χ1) is 11.8. The van der Waals surface area contributed by atoms with Gasteiger partial charge in [0.2, 0.25) is 0 Å². The average Bonchev–Trinajstić information content (AvgIpc) is 2.58. The van der Waals surface area contributed by atoms with Crippen molar-refractivity contribution in [3.8, 4) is 6.07 Å². The smallest absolute Gasteiger partial charge is 0.0998 e. The number of hydrogen-bond acceptors (Lipinski definition) is 2. The quantitative estimate of drug-likeness (QED) is 0.452. The van der Waals surface area contributed by atoms with Gasteiger partial charge >= 0.3 is 0 Å². The maximum atomic E-state index is 9.56. The van der Waals surface area contributed by atoms with Gasteiger partial charge in [-0.2, -0.15) is 5.26 Å². The van der Waals surface area contributed by atoms with Crippen molar-refractivity contribution in [3.05, 3.63) is 69.7 Å². The van der Waals surface area contributed by atoms with E-state index in [1.807, 2.05) is 30.3 Å². The van der Waals surface area contributed by atoms with Crippen molar-refractivity contribution in [1.29, 1.82) is 5.26 Å². The predicted molar refractivity (Wildman–Crippen MR) is 110 cm³/mol. The Morgan fingerprint density at radius 3 is 2.48 bits per heavy atom. The Morgan fingerprint density at radius 2 is 1.84 bits per heavy atom. The zero-order valence-corrected chi connectivity index (χ0v) is 16.6. The molecular weight excluding hydrogens is 372 g/mol. The van der Waals surface area contributed by atoms with Gasteiger partial charge in [-0.1, -0.05) is 40.2 Å². The van der Waals surface area contributed by atoms with Crippen LogP contribution in [-0.4, -0.2) is 12.6 Å². The van der Waals surface area contributed by atoms with E-state index in [2.05, 4.69) is 79.0 Å². The first-order valence-electron chi connectivity index (χ1n) is 8.27. The zero-order chi connectivity index (χ0) is 18.2. The Bertz CT molecular complexity index is 912. The first kappa shape index (κ1) is 17.5. The molecule has 1 heterocycles. The van der Waals surface area contributed by atoms with Gasteiger partial charge in [0.25, 0.3) is 0 Å². The van der Waals surface area contributed by atoms with Crippen LogP contribution in [0.25, 0.3) is 17.2 Å². The topological polar surface area (TPSA) is 27.0 Å². The average molecular weight is 393 g/mol. The highest BCUT2D eigenvalue weighted by Gasteiger charge is 2.28. The number of halogens is 1. The summed E-state index contributed by atoms with van der Waals surface area (Å²) < 4.78 is 1.01. The zero-order valence-electron chi connectivity index (χ0n) is 15.0. The van der Waals surface area contributed by atoms with Crippen molar-refractivity contribution < 1.29 is 0 Å². The van der Waals surface area contributed by atoms with Gasteiger partial charge in [-0.3, -0.25) is 0 Å². The van der Waals surface area contributed by atoms with Gasteiger partial charge in [0.05, 0.1) is 17.2 Å². The van der Waals surface area contributed by atoms with E-state index in [0.717, 1.165) is 15.6 Å². The van der Waals surface area contributed by atoms with E-state index in [0.29, 0.717) is 5.57 Å². The summed E-state index contributed by atoms with van der Waals surface area (Å²) in [6, 6.07) is 16.5. The molecular formula is C22H21BrN2. The molecule has 2 aromatic rings. The highest BCUT2D eigenvalue weighted by molar-refractivity contribution is 9.10. The molecule has 126 valence electrons. The highest BCUT2D eigenvalue weighted by Crippen LogP contribution is 2.38. The van der Waals surface area contributed by atoms with Crippen LogP contribution in [-0.2, 0) is 0 Å². The largest absolute Gasteiger partial charge is 0.366 e. The molecule has 3 rings (SSSR count). The van der Waals surface area contributed by atoms with Crippen molar-refractivity contribution >= 4 is 38.8 Å². The summed E-state index contributed by atoms with van der Waals surface area (Å²) in [5, 5.41) is 9.56. The van der Waals surface area contributed by atoms with E-state index < -0.39 is 0 Å². The van der Waals surface area contributed by atoms with Gasteiger partial charge in [0.15, 0.2) is 0 Å². The molecule has 0 amide bonds. The van der Waals surface area contributed by atoms with Gasteiger partial charge in [-0.15, -0.1) is 0 Å². The molecule has 0 aliphatic carbocycles. The summed E-state index contributed by atoms with van der Waals surface area (Å²) in [4.78, 5) is 2.29. The van der Waals surface area contributed by atoms with Crippen LogP contribution < -0.4 is 4.90 Å². The number of rotatable bonds is 2. The minimum Gasteiger partial charge on any atom is -0.366 e. The summed E-state index contributed by atoms with van der Waals surface area (Å²) in [6.45, 7) is 6.59. The second-order valence-electron chi connectivity index (χ2n) is 6.99. The van der Waals surface area contributed by atoms with E-state index in [1.54, 1.807) is 0 Å². The summed E-state index contributed by atoms with van der Waals surface area (Å²) in [5.74, 6) is 0. The number of benzene rings is 2. The molecule has 1 aliphatic heterocycles. The predicted octanol–water partition coefficient (Wildman–Crippen LogP) is 6.14. The number of fused-ring (bicyclic) bond motifs is 1. The number of nitriles is 1. The van der Waals surface area contributed by atoms with Crippen LogP contribution in [0, 0.1) is 11.3 Å².